The van der Waals surface area contributed by atoms with Crippen molar-refractivity contribution in [2.45, 2.75) is 38.1 Å². The molecule has 2 aromatic rings. The number of rotatable bonds is 4. The van der Waals surface area contributed by atoms with E-state index in [0.29, 0.717) is 31.8 Å². The van der Waals surface area contributed by atoms with Crippen LogP contribution in [0, 0.1) is 5.92 Å². The molecule has 0 bridgehead atoms. The smallest absolute Gasteiger partial charge is 0.227 e. The van der Waals surface area contributed by atoms with Gasteiger partial charge in [-0.1, -0.05) is 36.4 Å². The van der Waals surface area contributed by atoms with E-state index in [2.05, 4.69) is 29.2 Å². The zero-order valence-electron chi connectivity index (χ0n) is 16.2. The Hall–Kier alpha value is -2.69. The lowest BCUT2D eigenvalue weighted by molar-refractivity contribution is -0.144. The van der Waals surface area contributed by atoms with Gasteiger partial charge in [0, 0.05) is 32.3 Å². The van der Waals surface area contributed by atoms with Crippen molar-refractivity contribution in [2.24, 2.45) is 5.92 Å². The Morgan fingerprint density at radius 1 is 1.00 bits per heavy atom. The minimum atomic E-state index is -0.0883. The van der Waals surface area contributed by atoms with Crippen LogP contribution in [-0.2, 0) is 16.1 Å². The zero-order valence-corrected chi connectivity index (χ0v) is 16.2. The Balaban J connectivity index is 1.34. The Bertz CT molecular complexity index is 801. The summed E-state index contributed by atoms with van der Waals surface area (Å²) in [6.45, 7) is 2.61. The van der Waals surface area contributed by atoms with Crippen LogP contribution in [0.1, 0.15) is 42.9 Å². The molecule has 1 aromatic heterocycles. The molecule has 0 N–H and O–H groups in total. The molecule has 5 nitrogen and oxygen atoms in total. The van der Waals surface area contributed by atoms with Gasteiger partial charge < -0.3 is 9.80 Å². The predicted octanol–water partition coefficient (Wildman–Crippen LogP) is 3.23. The first kappa shape index (κ1) is 18.7. The van der Waals surface area contributed by atoms with Crippen LogP contribution in [0.4, 0.5) is 0 Å². The van der Waals surface area contributed by atoms with Crippen LogP contribution in [0.3, 0.4) is 0 Å². The molecule has 0 aliphatic carbocycles. The van der Waals surface area contributed by atoms with Crippen LogP contribution in [0.2, 0.25) is 0 Å². The van der Waals surface area contributed by atoms with Crippen molar-refractivity contribution in [3.05, 3.63) is 66.0 Å². The van der Waals surface area contributed by atoms with Gasteiger partial charge in [-0.3, -0.25) is 14.6 Å². The summed E-state index contributed by atoms with van der Waals surface area (Å²) in [7, 11) is 0. The predicted molar refractivity (Wildman–Crippen MR) is 107 cm³/mol. The Morgan fingerprint density at radius 3 is 2.46 bits per heavy atom. The molecule has 2 amide bonds. The molecule has 0 saturated carbocycles. The monoisotopic (exact) mass is 377 g/mol. The summed E-state index contributed by atoms with van der Waals surface area (Å²) < 4.78 is 0. The lowest BCUT2D eigenvalue weighted by Gasteiger charge is -2.37. The van der Waals surface area contributed by atoms with Crippen LogP contribution < -0.4 is 0 Å². The lowest BCUT2D eigenvalue weighted by Crippen LogP contribution is -2.48. The van der Waals surface area contributed by atoms with Gasteiger partial charge >= 0.3 is 0 Å². The van der Waals surface area contributed by atoms with Gasteiger partial charge in [0.1, 0.15) is 0 Å². The molecule has 146 valence electrons. The highest BCUT2D eigenvalue weighted by Crippen LogP contribution is 2.29. The van der Waals surface area contributed by atoms with Gasteiger partial charge in [0.25, 0.3) is 0 Å². The summed E-state index contributed by atoms with van der Waals surface area (Å²) in [5, 5.41) is 0. The number of nitrogens with zero attached hydrogens (tertiary/aromatic N) is 3. The van der Waals surface area contributed by atoms with E-state index in [9.17, 15) is 9.59 Å². The van der Waals surface area contributed by atoms with Gasteiger partial charge in [-0.25, -0.2) is 0 Å². The summed E-state index contributed by atoms with van der Waals surface area (Å²) in [5.74, 6) is 0.788. The van der Waals surface area contributed by atoms with Crippen molar-refractivity contribution >= 4 is 11.8 Å². The highest BCUT2D eigenvalue weighted by molar-refractivity contribution is 5.84. The summed E-state index contributed by atoms with van der Waals surface area (Å²) >= 11 is 0. The average Bonchev–Trinajstić information content (AvgIpc) is 2.76. The number of piperidine rings is 2. The third-order valence-electron chi connectivity index (χ3n) is 6.01. The van der Waals surface area contributed by atoms with Gasteiger partial charge in [-0.15, -0.1) is 0 Å². The van der Waals surface area contributed by atoms with Crippen molar-refractivity contribution < 1.29 is 9.59 Å². The third-order valence-corrected chi connectivity index (χ3v) is 6.01. The molecule has 1 atom stereocenters. The second kappa shape index (κ2) is 8.55. The SMILES string of the molecule is O=C1CC[C@H](C(=O)N2CCC(c3ccccc3)CC2)CN1Cc1ccccn1. The molecular formula is C23H27N3O2. The maximum atomic E-state index is 13.1. The Labute approximate surface area is 166 Å². The molecule has 1 aromatic carbocycles. The second-order valence-corrected chi connectivity index (χ2v) is 7.84. The molecule has 3 heterocycles. The number of hydrogen-bond acceptors (Lipinski definition) is 3. The van der Waals surface area contributed by atoms with Gasteiger partial charge in [-0.2, -0.15) is 0 Å². The lowest BCUT2D eigenvalue weighted by atomic mass is 9.88. The van der Waals surface area contributed by atoms with E-state index in [0.717, 1.165) is 31.6 Å². The quantitative estimate of drug-likeness (QED) is 0.822. The maximum Gasteiger partial charge on any atom is 0.227 e. The number of carbonyl (C=O) groups is 2. The first-order chi connectivity index (χ1) is 13.7. The van der Waals surface area contributed by atoms with E-state index in [4.69, 9.17) is 0 Å². The van der Waals surface area contributed by atoms with E-state index in [1.807, 2.05) is 29.2 Å². The van der Waals surface area contributed by atoms with E-state index in [1.165, 1.54) is 5.56 Å². The molecule has 2 aliphatic rings. The summed E-state index contributed by atoms with van der Waals surface area (Å²) in [5.41, 5.74) is 2.24. The van der Waals surface area contributed by atoms with Crippen LogP contribution in [0.15, 0.2) is 54.7 Å². The van der Waals surface area contributed by atoms with Crippen molar-refractivity contribution in [1.29, 1.82) is 0 Å². The van der Waals surface area contributed by atoms with Crippen LogP contribution in [0.25, 0.3) is 0 Å². The highest BCUT2D eigenvalue weighted by Gasteiger charge is 2.34. The third kappa shape index (κ3) is 4.24. The fourth-order valence-corrected chi connectivity index (χ4v) is 4.37. The minimum absolute atomic E-state index is 0.0883. The molecule has 2 saturated heterocycles. The number of benzene rings is 1. The molecular weight excluding hydrogens is 350 g/mol. The summed E-state index contributed by atoms with van der Waals surface area (Å²) in [6.07, 6.45) is 4.88. The van der Waals surface area contributed by atoms with Gasteiger partial charge in [-0.05, 0) is 42.9 Å². The molecule has 0 unspecified atom stereocenters. The van der Waals surface area contributed by atoms with Crippen molar-refractivity contribution in [3.63, 3.8) is 0 Å². The molecule has 2 fully saturated rings. The molecule has 2 aliphatic heterocycles. The number of likely N-dealkylation sites (tertiary alicyclic amines) is 2. The van der Waals surface area contributed by atoms with Crippen LogP contribution >= 0.6 is 0 Å². The number of amides is 2. The van der Waals surface area contributed by atoms with Crippen molar-refractivity contribution in [2.75, 3.05) is 19.6 Å². The Kier molecular flexibility index (Phi) is 5.70. The molecule has 0 radical (unpaired) electrons. The number of aromatic nitrogens is 1. The Morgan fingerprint density at radius 2 is 1.75 bits per heavy atom. The van der Waals surface area contributed by atoms with E-state index in [-0.39, 0.29) is 17.7 Å². The zero-order chi connectivity index (χ0) is 19.3. The van der Waals surface area contributed by atoms with Gasteiger partial charge in [0.2, 0.25) is 11.8 Å². The standard InChI is InChI=1S/C23H27N3O2/c27-22-10-9-20(16-26(22)17-21-8-4-5-13-24-21)23(28)25-14-11-19(12-15-25)18-6-2-1-3-7-18/h1-8,13,19-20H,9-12,14-17H2/t20-/m0/s1. The molecule has 4 rings (SSSR count). The minimum Gasteiger partial charge on any atom is -0.342 e. The molecule has 28 heavy (non-hydrogen) atoms. The van der Waals surface area contributed by atoms with E-state index in [1.54, 1.807) is 11.1 Å². The van der Waals surface area contributed by atoms with E-state index >= 15 is 0 Å². The summed E-state index contributed by atoms with van der Waals surface area (Å²) in [6, 6.07) is 16.3. The summed E-state index contributed by atoms with van der Waals surface area (Å²) in [4.78, 5) is 33.5. The second-order valence-electron chi connectivity index (χ2n) is 7.84. The average molecular weight is 377 g/mol. The van der Waals surface area contributed by atoms with Gasteiger partial charge in [0.15, 0.2) is 0 Å². The fourth-order valence-electron chi connectivity index (χ4n) is 4.37. The van der Waals surface area contributed by atoms with Crippen LogP contribution in [0.5, 0.6) is 0 Å². The van der Waals surface area contributed by atoms with E-state index < -0.39 is 0 Å². The topological polar surface area (TPSA) is 53.5 Å². The van der Waals surface area contributed by atoms with Gasteiger partial charge in [0.05, 0.1) is 18.2 Å². The van der Waals surface area contributed by atoms with Crippen LogP contribution in [-0.4, -0.2) is 46.2 Å². The fraction of sp³-hybridized carbons (Fsp3) is 0.435. The highest BCUT2D eigenvalue weighted by atomic mass is 16.2. The normalized spacial score (nSPS) is 21.0. The first-order valence-electron chi connectivity index (χ1n) is 10.2. The number of pyridine rings is 1. The maximum absolute atomic E-state index is 13.1. The van der Waals surface area contributed by atoms with Crippen molar-refractivity contribution in [1.82, 2.24) is 14.8 Å². The molecule has 5 heteroatoms. The van der Waals surface area contributed by atoms with Crippen molar-refractivity contribution in [3.8, 4) is 0 Å². The number of carbonyl (C=O) groups excluding carboxylic acids is 2. The molecule has 0 spiro atoms. The first-order valence-corrected chi connectivity index (χ1v) is 10.2. The largest absolute Gasteiger partial charge is 0.342 e. The number of hydrogen-bond donors (Lipinski definition) is 0.